The first-order valence-electron chi connectivity index (χ1n) is 10.3. The first-order chi connectivity index (χ1) is 14.4. The average Bonchev–Trinajstić information content (AvgIpc) is 3.10. The SMILES string of the molecule is Cc1cc(-c2cc(=O)c(C)c(C)[nH]2)c(N2CC3CCCC(F)(F)C3C2)nc1C(F)(F)F. The van der Waals surface area contributed by atoms with Gasteiger partial charge in [-0.05, 0) is 51.2 Å². The fraction of sp³-hybridized carbons (Fsp3) is 0.545. The number of nitrogens with zero attached hydrogens (tertiary/aromatic N) is 2. The molecule has 2 fully saturated rings. The zero-order chi connectivity index (χ0) is 22.7. The smallest absolute Gasteiger partial charge is 0.358 e. The normalized spacial score (nSPS) is 23.2. The highest BCUT2D eigenvalue weighted by atomic mass is 19.4. The number of alkyl halides is 5. The number of hydrogen-bond donors (Lipinski definition) is 1. The third-order valence-corrected chi connectivity index (χ3v) is 6.65. The summed E-state index contributed by atoms with van der Waals surface area (Å²) in [4.78, 5) is 20.9. The van der Waals surface area contributed by atoms with Crippen LogP contribution in [0.4, 0.5) is 27.8 Å². The molecule has 1 aliphatic heterocycles. The van der Waals surface area contributed by atoms with Gasteiger partial charge >= 0.3 is 6.18 Å². The van der Waals surface area contributed by atoms with Crippen molar-refractivity contribution in [1.82, 2.24) is 9.97 Å². The lowest BCUT2D eigenvalue weighted by Gasteiger charge is -2.32. The summed E-state index contributed by atoms with van der Waals surface area (Å²) in [5, 5.41) is 0. The van der Waals surface area contributed by atoms with E-state index in [1.54, 1.807) is 13.8 Å². The van der Waals surface area contributed by atoms with E-state index >= 15 is 0 Å². The van der Waals surface area contributed by atoms with Crippen molar-refractivity contribution in [3.8, 4) is 11.3 Å². The van der Waals surface area contributed by atoms with E-state index < -0.39 is 23.7 Å². The van der Waals surface area contributed by atoms with Crippen LogP contribution in [0.1, 0.15) is 41.8 Å². The van der Waals surface area contributed by atoms with Crippen LogP contribution in [0, 0.1) is 32.6 Å². The van der Waals surface area contributed by atoms with Gasteiger partial charge < -0.3 is 9.88 Å². The number of hydrogen-bond acceptors (Lipinski definition) is 3. The predicted molar refractivity (Wildman–Crippen MR) is 107 cm³/mol. The molecule has 4 rings (SSSR count). The van der Waals surface area contributed by atoms with E-state index in [-0.39, 0.29) is 42.2 Å². The summed E-state index contributed by atoms with van der Waals surface area (Å²) in [5.41, 5.74) is 0.353. The standard InChI is InChI=1S/C22H24F5N3O/c1-11-7-15(17-8-18(31)12(2)13(3)28-17)20(29-19(11)22(25,26)27)30-9-14-5-4-6-21(23,24)16(14)10-30/h7-8,14,16H,4-6,9-10H2,1-3H3,(H,28,31). The van der Waals surface area contributed by atoms with E-state index in [1.165, 1.54) is 24.0 Å². The zero-order valence-electron chi connectivity index (χ0n) is 17.5. The Morgan fingerprint density at radius 1 is 1.16 bits per heavy atom. The molecule has 4 nitrogen and oxygen atoms in total. The van der Waals surface area contributed by atoms with Crippen LogP contribution in [0.5, 0.6) is 0 Å². The monoisotopic (exact) mass is 441 g/mol. The van der Waals surface area contributed by atoms with Crippen molar-refractivity contribution in [1.29, 1.82) is 0 Å². The molecule has 2 unspecified atom stereocenters. The van der Waals surface area contributed by atoms with Crippen LogP contribution in [0.25, 0.3) is 11.3 Å². The van der Waals surface area contributed by atoms with E-state index in [2.05, 4.69) is 9.97 Å². The molecule has 1 aliphatic carbocycles. The highest BCUT2D eigenvalue weighted by Gasteiger charge is 2.51. The molecule has 2 aromatic rings. The molecule has 168 valence electrons. The Hall–Kier alpha value is -2.45. The number of nitrogens with one attached hydrogen (secondary N) is 1. The molecular formula is C22H24F5N3O. The summed E-state index contributed by atoms with van der Waals surface area (Å²) in [6.07, 6.45) is -3.86. The number of halogens is 5. The van der Waals surface area contributed by atoms with Gasteiger partial charge in [-0.15, -0.1) is 0 Å². The maximum atomic E-state index is 14.5. The Morgan fingerprint density at radius 3 is 2.48 bits per heavy atom. The van der Waals surface area contributed by atoms with Crippen molar-refractivity contribution < 1.29 is 22.0 Å². The molecule has 0 spiro atoms. The van der Waals surface area contributed by atoms with Crippen LogP contribution in [0.3, 0.4) is 0 Å². The number of H-pyrrole nitrogens is 1. The molecule has 0 amide bonds. The number of aromatic nitrogens is 2. The number of anilines is 1. The van der Waals surface area contributed by atoms with Crippen LogP contribution >= 0.6 is 0 Å². The van der Waals surface area contributed by atoms with E-state index in [9.17, 15) is 26.7 Å². The summed E-state index contributed by atoms with van der Waals surface area (Å²) < 4.78 is 69.7. The first-order valence-corrected chi connectivity index (χ1v) is 10.3. The molecule has 0 bridgehead atoms. The van der Waals surface area contributed by atoms with E-state index in [0.29, 0.717) is 35.4 Å². The summed E-state index contributed by atoms with van der Waals surface area (Å²) in [6, 6.07) is 2.67. The van der Waals surface area contributed by atoms with Crippen LogP contribution < -0.4 is 10.3 Å². The van der Waals surface area contributed by atoms with Crippen molar-refractivity contribution in [2.24, 2.45) is 11.8 Å². The largest absolute Gasteiger partial charge is 0.433 e. The fourth-order valence-electron chi connectivity index (χ4n) is 4.83. The Bertz CT molecular complexity index is 1080. The Labute approximate surface area is 176 Å². The Kier molecular flexibility index (Phi) is 5.13. The molecule has 2 aromatic heterocycles. The molecule has 0 radical (unpaired) electrons. The molecule has 3 heterocycles. The number of fused-ring (bicyclic) bond motifs is 1. The quantitative estimate of drug-likeness (QED) is 0.648. The lowest BCUT2D eigenvalue weighted by molar-refractivity contribution is -0.141. The van der Waals surface area contributed by atoms with Crippen LogP contribution in [0.2, 0.25) is 0 Å². The van der Waals surface area contributed by atoms with E-state index in [1.807, 2.05) is 0 Å². The summed E-state index contributed by atoms with van der Waals surface area (Å²) in [7, 11) is 0. The molecule has 31 heavy (non-hydrogen) atoms. The van der Waals surface area contributed by atoms with Crippen molar-refractivity contribution >= 4 is 5.82 Å². The third kappa shape index (κ3) is 3.83. The lowest BCUT2D eigenvalue weighted by atomic mass is 9.79. The van der Waals surface area contributed by atoms with Gasteiger partial charge in [-0.25, -0.2) is 13.8 Å². The van der Waals surface area contributed by atoms with Crippen LogP contribution in [-0.2, 0) is 6.18 Å². The minimum Gasteiger partial charge on any atom is -0.358 e. The van der Waals surface area contributed by atoms with Crippen LogP contribution in [0.15, 0.2) is 16.9 Å². The zero-order valence-corrected chi connectivity index (χ0v) is 17.5. The summed E-state index contributed by atoms with van der Waals surface area (Å²) >= 11 is 0. The molecule has 1 N–H and O–H groups in total. The second kappa shape index (κ2) is 7.31. The number of aromatic amines is 1. The van der Waals surface area contributed by atoms with Gasteiger partial charge in [-0.1, -0.05) is 0 Å². The van der Waals surface area contributed by atoms with Gasteiger partial charge in [0.1, 0.15) is 11.5 Å². The van der Waals surface area contributed by atoms with Crippen LogP contribution in [-0.4, -0.2) is 29.0 Å². The molecule has 2 aliphatic rings. The van der Waals surface area contributed by atoms with Crippen molar-refractivity contribution in [2.45, 2.75) is 52.1 Å². The summed E-state index contributed by atoms with van der Waals surface area (Å²) in [6.45, 7) is 4.82. The number of rotatable bonds is 2. The fourth-order valence-corrected chi connectivity index (χ4v) is 4.83. The van der Waals surface area contributed by atoms with Gasteiger partial charge in [-0.2, -0.15) is 13.2 Å². The molecule has 2 atom stereocenters. The maximum absolute atomic E-state index is 14.5. The average molecular weight is 441 g/mol. The predicted octanol–water partition coefficient (Wildman–Crippen LogP) is 5.25. The van der Waals surface area contributed by atoms with Gasteiger partial charge in [0.25, 0.3) is 5.92 Å². The van der Waals surface area contributed by atoms with Gasteiger partial charge in [0.2, 0.25) is 0 Å². The molecular weight excluding hydrogens is 417 g/mol. The lowest BCUT2D eigenvalue weighted by Crippen LogP contribution is -2.37. The second-order valence-corrected chi connectivity index (χ2v) is 8.74. The van der Waals surface area contributed by atoms with Gasteiger partial charge in [-0.3, -0.25) is 4.79 Å². The Morgan fingerprint density at radius 2 is 1.87 bits per heavy atom. The van der Waals surface area contributed by atoms with Gasteiger partial charge in [0, 0.05) is 48.3 Å². The third-order valence-electron chi connectivity index (χ3n) is 6.65. The highest BCUT2D eigenvalue weighted by molar-refractivity contribution is 5.75. The number of pyridine rings is 2. The maximum Gasteiger partial charge on any atom is 0.433 e. The molecule has 1 saturated carbocycles. The van der Waals surface area contributed by atoms with E-state index in [4.69, 9.17) is 0 Å². The van der Waals surface area contributed by atoms with Gasteiger partial charge in [0.05, 0.1) is 5.69 Å². The molecule has 0 aromatic carbocycles. The topological polar surface area (TPSA) is 49.0 Å². The second-order valence-electron chi connectivity index (χ2n) is 8.74. The number of aryl methyl sites for hydroxylation is 2. The first kappa shape index (κ1) is 21.8. The van der Waals surface area contributed by atoms with Crippen molar-refractivity contribution in [3.05, 3.63) is 44.9 Å². The van der Waals surface area contributed by atoms with Crippen molar-refractivity contribution in [2.75, 3.05) is 18.0 Å². The Balaban J connectivity index is 1.87. The molecule has 1 saturated heterocycles. The minimum absolute atomic E-state index is 0.0120. The van der Waals surface area contributed by atoms with Crippen molar-refractivity contribution in [3.63, 3.8) is 0 Å². The minimum atomic E-state index is -4.68. The van der Waals surface area contributed by atoms with Gasteiger partial charge in [0.15, 0.2) is 5.43 Å². The molecule has 9 heteroatoms. The highest BCUT2D eigenvalue weighted by Crippen LogP contribution is 2.48. The summed E-state index contributed by atoms with van der Waals surface area (Å²) in [5.74, 6) is -4.07. The van der Waals surface area contributed by atoms with E-state index in [0.717, 1.165) is 0 Å².